The van der Waals surface area contributed by atoms with E-state index < -0.39 is 6.10 Å². The Morgan fingerprint density at radius 2 is 2.19 bits per heavy atom. The zero-order valence-corrected chi connectivity index (χ0v) is 9.88. The summed E-state index contributed by atoms with van der Waals surface area (Å²) in [6.07, 6.45) is -0.612. The van der Waals surface area contributed by atoms with Gasteiger partial charge in [-0.2, -0.15) is 4.98 Å². The van der Waals surface area contributed by atoms with E-state index in [-0.39, 0.29) is 17.9 Å². The Morgan fingerprint density at radius 3 is 2.69 bits per heavy atom. The van der Waals surface area contributed by atoms with Crippen molar-refractivity contribution >= 4 is 0 Å². The normalized spacial score (nSPS) is 15.4. The molecule has 0 amide bonds. The zero-order valence-electron chi connectivity index (χ0n) is 9.88. The lowest BCUT2D eigenvalue weighted by Crippen LogP contribution is -2.11. The molecular formula is C10H19N3O3. The Balaban J connectivity index is 2.77. The third-order valence-electron chi connectivity index (χ3n) is 2.30. The van der Waals surface area contributed by atoms with Gasteiger partial charge in [-0.05, 0) is 18.9 Å². The van der Waals surface area contributed by atoms with Crippen LogP contribution in [0.15, 0.2) is 4.52 Å². The van der Waals surface area contributed by atoms with Crippen molar-refractivity contribution in [1.29, 1.82) is 0 Å². The number of methoxy groups -OCH3 is 1. The molecule has 0 radical (unpaired) electrons. The van der Waals surface area contributed by atoms with Crippen LogP contribution in [0, 0.1) is 5.92 Å². The van der Waals surface area contributed by atoms with Crippen molar-refractivity contribution in [2.75, 3.05) is 13.7 Å². The van der Waals surface area contributed by atoms with Gasteiger partial charge in [0.15, 0.2) is 0 Å². The van der Waals surface area contributed by atoms with Crippen molar-refractivity contribution in [2.45, 2.75) is 32.5 Å². The van der Waals surface area contributed by atoms with Gasteiger partial charge in [0.25, 0.3) is 5.89 Å². The molecule has 0 fully saturated rings. The Labute approximate surface area is 94.8 Å². The molecule has 16 heavy (non-hydrogen) atoms. The highest BCUT2D eigenvalue weighted by molar-refractivity contribution is 4.94. The second-order valence-corrected chi connectivity index (χ2v) is 3.98. The summed E-state index contributed by atoms with van der Waals surface area (Å²) in [6.45, 7) is 4.37. The lowest BCUT2D eigenvalue weighted by atomic mass is 10.1. The number of hydrogen-bond donors (Lipinski definition) is 2. The maximum atomic E-state index is 9.61. The van der Waals surface area contributed by atoms with Crippen LogP contribution in [0.4, 0.5) is 0 Å². The first-order valence-corrected chi connectivity index (χ1v) is 5.34. The van der Waals surface area contributed by atoms with Gasteiger partial charge in [-0.1, -0.05) is 19.0 Å². The topological polar surface area (TPSA) is 94.4 Å². The second kappa shape index (κ2) is 5.93. The molecule has 0 aliphatic carbocycles. The molecule has 0 aliphatic rings. The van der Waals surface area contributed by atoms with Gasteiger partial charge in [0, 0.05) is 7.11 Å². The van der Waals surface area contributed by atoms with Crippen LogP contribution in [0.5, 0.6) is 0 Å². The largest absolute Gasteiger partial charge is 0.383 e. The van der Waals surface area contributed by atoms with Crippen molar-refractivity contribution in [1.82, 2.24) is 10.1 Å². The molecule has 0 saturated heterocycles. The minimum atomic E-state index is -0.795. The highest BCUT2D eigenvalue weighted by Crippen LogP contribution is 2.24. The summed E-state index contributed by atoms with van der Waals surface area (Å²) in [5, 5.41) is 13.4. The first kappa shape index (κ1) is 13.1. The van der Waals surface area contributed by atoms with Crippen molar-refractivity contribution in [3.63, 3.8) is 0 Å². The van der Waals surface area contributed by atoms with E-state index in [9.17, 15) is 5.11 Å². The van der Waals surface area contributed by atoms with E-state index in [1.165, 1.54) is 0 Å². The fourth-order valence-corrected chi connectivity index (χ4v) is 1.46. The molecular weight excluding hydrogens is 210 g/mol. The van der Waals surface area contributed by atoms with E-state index in [1.54, 1.807) is 7.11 Å². The summed E-state index contributed by atoms with van der Waals surface area (Å²) in [5.41, 5.74) is 5.33. The quantitative estimate of drug-likeness (QED) is 0.749. The van der Waals surface area contributed by atoms with Gasteiger partial charge in [0.2, 0.25) is 5.82 Å². The Morgan fingerprint density at radius 1 is 1.50 bits per heavy atom. The van der Waals surface area contributed by atoms with Crippen LogP contribution >= 0.6 is 0 Å². The summed E-state index contributed by atoms with van der Waals surface area (Å²) in [5.74, 6) is 0.897. The molecule has 0 saturated carbocycles. The third-order valence-corrected chi connectivity index (χ3v) is 2.30. The molecule has 1 aromatic rings. The molecule has 0 bridgehead atoms. The molecule has 6 nitrogen and oxygen atoms in total. The minimum Gasteiger partial charge on any atom is -0.383 e. The number of aliphatic hydroxyl groups is 1. The van der Waals surface area contributed by atoms with Gasteiger partial charge in [0.05, 0.1) is 0 Å². The Kier molecular flexibility index (Phi) is 4.85. The molecule has 0 spiro atoms. The van der Waals surface area contributed by atoms with Gasteiger partial charge in [-0.3, -0.25) is 0 Å². The summed E-state index contributed by atoms with van der Waals surface area (Å²) in [7, 11) is 1.59. The average Bonchev–Trinajstić information content (AvgIpc) is 2.68. The van der Waals surface area contributed by atoms with Crippen LogP contribution in [-0.2, 0) is 4.74 Å². The highest BCUT2D eigenvalue weighted by atomic mass is 16.5. The van der Waals surface area contributed by atoms with Gasteiger partial charge in [-0.25, -0.2) is 0 Å². The first-order valence-electron chi connectivity index (χ1n) is 5.34. The predicted molar refractivity (Wildman–Crippen MR) is 57.5 cm³/mol. The van der Waals surface area contributed by atoms with E-state index in [4.69, 9.17) is 15.0 Å². The van der Waals surface area contributed by atoms with Crippen LogP contribution in [0.25, 0.3) is 0 Å². The summed E-state index contributed by atoms with van der Waals surface area (Å²) >= 11 is 0. The van der Waals surface area contributed by atoms with Gasteiger partial charge in [0.1, 0.15) is 12.2 Å². The predicted octanol–water partition coefficient (Wildman–Crippen LogP) is 0.795. The molecule has 0 aliphatic heterocycles. The van der Waals surface area contributed by atoms with Gasteiger partial charge in [-0.15, -0.1) is 0 Å². The van der Waals surface area contributed by atoms with E-state index >= 15 is 0 Å². The molecule has 0 aromatic carbocycles. The average molecular weight is 229 g/mol. The summed E-state index contributed by atoms with van der Waals surface area (Å²) in [6, 6.07) is 0. The number of aliphatic hydroxyl groups excluding tert-OH is 1. The second-order valence-electron chi connectivity index (χ2n) is 3.98. The van der Waals surface area contributed by atoms with Crippen molar-refractivity contribution in [3.8, 4) is 0 Å². The Hall–Kier alpha value is -0.980. The molecule has 1 aromatic heterocycles. The number of hydrogen-bond acceptors (Lipinski definition) is 6. The summed E-state index contributed by atoms with van der Waals surface area (Å²) in [4.78, 5) is 4.11. The van der Waals surface area contributed by atoms with Crippen LogP contribution < -0.4 is 5.73 Å². The molecule has 2 atom stereocenters. The molecule has 3 N–H and O–H groups in total. The number of ether oxygens (including phenoxy) is 1. The van der Waals surface area contributed by atoms with Crippen LogP contribution in [0.2, 0.25) is 0 Å². The van der Waals surface area contributed by atoms with Gasteiger partial charge >= 0.3 is 0 Å². The SMILES string of the molecule is COC(c1noc(C(O)CCN)n1)C(C)C. The highest BCUT2D eigenvalue weighted by Gasteiger charge is 2.23. The van der Waals surface area contributed by atoms with Crippen molar-refractivity contribution in [3.05, 3.63) is 11.7 Å². The maximum Gasteiger partial charge on any atom is 0.255 e. The molecule has 2 unspecified atom stereocenters. The maximum absolute atomic E-state index is 9.61. The molecule has 1 heterocycles. The van der Waals surface area contributed by atoms with Gasteiger partial charge < -0.3 is 20.1 Å². The standard InChI is InChI=1S/C10H19N3O3/c1-6(2)8(15-3)9-12-10(16-13-9)7(14)4-5-11/h6-8,14H,4-5,11H2,1-3H3. The van der Waals surface area contributed by atoms with Crippen molar-refractivity contribution < 1.29 is 14.4 Å². The fourth-order valence-electron chi connectivity index (χ4n) is 1.46. The van der Waals surface area contributed by atoms with E-state index in [0.717, 1.165) is 0 Å². The minimum absolute atomic E-state index is 0.197. The number of nitrogens with zero attached hydrogens (tertiary/aromatic N) is 2. The third kappa shape index (κ3) is 3.01. The molecule has 92 valence electrons. The fraction of sp³-hybridized carbons (Fsp3) is 0.800. The van der Waals surface area contributed by atoms with E-state index in [2.05, 4.69) is 10.1 Å². The zero-order chi connectivity index (χ0) is 12.1. The molecule has 1 rings (SSSR count). The first-order chi connectivity index (χ1) is 7.60. The van der Waals surface area contributed by atoms with Crippen LogP contribution in [-0.4, -0.2) is 28.9 Å². The summed E-state index contributed by atoms with van der Waals surface area (Å²) < 4.78 is 10.2. The number of rotatable bonds is 6. The smallest absolute Gasteiger partial charge is 0.255 e. The molecule has 6 heteroatoms. The van der Waals surface area contributed by atoms with Crippen molar-refractivity contribution in [2.24, 2.45) is 11.7 Å². The number of aromatic nitrogens is 2. The lowest BCUT2D eigenvalue weighted by molar-refractivity contribution is 0.0555. The van der Waals surface area contributed by atoms with E-state index in [1.807, 2.05) is 13.8 Å². The van der Waals surface area contributed by atoms with Crippen LogP contribution in [0.3, 0.4) is 0 Å². The van der Waals surface area contributed by atoms with Crippen LogP contribution in [0.1, 0.15) is 44.2 Å². The number of nitrogens with two attached hydrogens (primary N) is 1. The Bertz CT molecular complexity index is 314. The van der Waals surface area contributed by atoms with E-state index in [0.29, 0.717) is 18.8 Å². The lowest BCUT2D eigenvalue weighted by Gasteiger charge is -2.14. The monoisotopic (exact) mass is 229 g/mol.